The highest BCUT2D eigenvalue weighted by Crippen LogP contribution is 2.25. The van der Waals surface area contributed by atoms with Crippen LogP contribution in [0.5, 0.6) is 5.75 Å². The average Bonchev–Trinajstić information content (AvgIpc) is 2.71. The van der Waals surface area contributed by atoms with Crippen molar-refractivity contribution in [2.75, 3.05) is 6.61 Å². The van der Waals surface area contributed by atoms with Crippen molar-refractivity contribution in [2.24, 2.45) is 0 Å². The fourth-order valence-corrected chi connectivity index (χ4v) is 2.61. The molecule has 0 radical (unpaired) electrons. The van der Waals surface area contributed by atoms with Gasteiger partial charge in [-0.25, -0.2) is 4.79 Å². The first-order chi connectivity index (χ1) is 13.9. The zero-order valence-electron chi connectivity index (χ0n) is 16.4. The number of rotatable bonds is 10. The number of amides is 1. The molecular weight excluding hydrogens is 376 g/mol. The molecule has 2 atom stereocenters. The second-order valence-electron chi connectivity index (χ2n) is 6.58. The predicted octanol–water partition coefficient (Wildman–Crippen LogP) is 3.04. The zero-order valence-corrected chi connectivity index (χ0v) is 16.4. The Morgan fingerprint density at radius 3 is 2.41 bits per heavy atom. The molecule has 2 aromatic rings. The number of benzene rings is 2. The van der Waals surface area contributed by atoms with E-state index in [9.17, 15) is 19.7 Å². The Morgan fingerprint density at radius 2 is 1.72 bits per heavy atom. The van der Waals surface area contributed by atoms with Gasteiger partial charge < -0.3 is 14.8 Å². The Balaban J connectivity index is 1.75. The number of nitro groups is 1. The highest BCUT2D eigenvalue weighted by atomic mass is 16.6. The van der Waals surface area contributed by atoms with Gasteiger partial charge in [0.1, 0.15) is 0 Å². The molecule has 0 saturated carbocycles. The van der Waals surface area contributed by atoms with E-state index in [-0.39, 0.29) is 17.5 Å². The third kappa shape index (κ3) is 7.25. The lowest BCUT2D eigenvalue weighted by atomic mass is 10.1. The molecule has 0 aliphatic carbocycles. The molecule has 0 unspecified atom stereocenters. The van der Waals surface area contributed by atoms with Crippen LogP contribution in [0.1, 0.15) is 25.8 Å². The molecule has 8 nitrogen and oxygen atoms in total. The van der Waals surface area contributed by atoms with E-state index in [1.807, 2.05) is 37.3 Å². The number of nitro benzene ring substituents is 1. The molecule has 2 aromatic carbocycles. The minimum Gasteiger partial charge on any atom is -0.475 e. The molecule has 154 valence electrons. The van der Waals surface area contributed by atoms with Crippen LogP contribution in [0, 0.1) is 10.1 Å². The van der Waals surface area contributed by atoms with Crippen LogP contribution in [0.15, 0.2) is 54.6 Å². The van der Waals surface area contributed by atoms with Gasteiger partial charge in [-0.15, -0.1) is 0 Å². The topological polar surface area (TPSA) is 108 Å². The number of para-hydroxylation sites is 2. The number of esters is 1. The average molecular weight is 400 g/mol. The first kappa shape index (κ1) is 21.9. The molecule has 29 heavy (non-hydrogen) atoms. The SMILES string of the molecule is C[C@H](CCc1ccccc1)NC(=O)[C@@H](C)OC(=O)COc1ccccc1[N+](=O)[O-]. The van der Waals surface area contributed by atoms with E-state index in [1.165, 1.54) is 30.7 Å². The molecule has 1 N–H and O–H groups in total. The van der Waals surface area contributed by atoms with Gasteiger partial charge in [-0.05, 0) is 38.3 Å². The van der Waals surface area contributed by atoms with Crippen LogP contribution >= 0.6 is 0 Å². The van der Waals surface area contributed by atoms with Crippen LogP contribution in [-0.2, 0) is 20.7 Å². The molecule has 0 bridgehead atoms. The van der Waals surface area contributed by atoms with E-state index < -0.39 is 29.5 Å². The minimum absolute atomic E-state index is 0.0407. The molecule has 0 aliphatic rings. The van der Waals surface area contributed by atoms with Crippen molar-refractivity contribution >= 4 is 17.6 Å². The molecule has 1 amide bonds. The Labute approximate surface area is 169 Å². The molecule has 0 saturated heterocycles. The molecule has 2 rings (SSSR count). The second kappa shape index (κ2) is 10.8. The molecule has 0 aliphatic heterocycles. The maximum Gasteiger partial charge on any atom is 0.344 e. The summed E-state index contributed by atoms with van der Waals surface area (Å²) in [5.41, 5.74) is 0.929. The lowest BCUT2D eigenvalue weighted by Crippen LogP contribution is -2.41. The van der Waals surface area contributed by atoms with Gasteiger partial charge in [0.2, 0.25) is 0 Å². The molecule has 0 fully saturated rings. The standard InChI is InChI=1S/C21H24N2O6/c1-15(12-13-17-8-4-3-5-9-17)22-21(25)16(2)29-20(24)14-28-19-11-7-6-10-18(19)23(26)27/h3-11,15-16H,12-14H2,1-2H3,(H,22,25)/t15-,16-/m1/s1. The minimum atomic E-state index is -1.00. The molecular formula is C21H24N2O6. The Kier molecular flexibility index (Phi) is 8.14. The number of hydrogen-bond acceptors (Lipinski definition) is 6. The van der Waals surface area contributed by atoms with Crippen LogP contribution < -0.4 is 10.1 Å². The van der Waals surface area contributed by atoms with Crippen LogP contribution in [0.25, 0.3) is 0 Å². The maximum absolute atomic E-state index is 12.2. The number of aryl methyl sites for hydroxylation is 1. The van der Waals surface area contributed by atoms with Gasteiger partial charge in [0.25, 0.3) is 5.91 Å². The summed E-state index contributed by atoms with van der Waals surface area (Å²) in [6.07, 6.45) is 0.563. The second-order valence-corrected chi connectivity index (χ2v) is 6.58. The third-order valence-electron chi connectivity index (χ3n) is 4.18. The van der Waals surface area contributed by atoms with E-state index in [0.29, 0.717) is 0 Å². The number of carbonyl (C=O) groups is 2. The predicted molar refractivity (Wildman–Crippen MR) is 107 cm³/mol. The fraction of sp³-hybridized carbons (Fsp3) is 0.333. The summed E-state index contributed by atoms with van der Waals surface area (Å²) in [4.78, 5) is 34.4. The first-order valence-corrected chi connectivity index (χ1v) is 9.27. The summed E-state index contributed by atoms with van der Waals surface area (Å²) in [7, 11) is 0. The van der Waals surface area contributed by atoms with E-state index in [2.05, 4.69) is 5.32 Å². The van der Waals surface area contributed by atoms with Crippen LogP contribution in [0.2, 0.25) is 0 Å². The van der Waals surface area contributed by atoms with Crippen LogP contribution in [0.3, 0.4) is 0 Å². The number of carbonyl (C=O) groups excluding carboxylic acids is 2. The van der Waals surface area contributed by atoms with Crippen molar-refractivity contribution in [1.29, 1.82) is 0 Å². The number of hydrogen-bond donors (Lipinski definition) is 1. The van der Waals surface area contributed by atoms with Crippen molar-refractivity contribution < 1.29 is 24.0 Å². The smallest absolute Gasteiger partial charge is 0.344 e. The van der Waals surface area contributed by atoms with Gasteiger partial charge in [0.05, 0.1) is 4.92 Å². The summed E-state index contributed by atoms with van der Waals surface area (Å²) < 4.78 is 10.2. The third-order valence-corrected chi connectivity index (χ3v) is 4.18. The van der Waals surface area contributed by atoms with Crippen molar-refractivity contribution in [3.63, 3.8) is 0 Å². The molecule has 8 heteroatoms. The zero-order chi connectivity index (χ0) is 21.2. The van der Waals surface area contributed by atoms with Gasteiger partial charge >= 0.3 is 11.7 Å². The number of nitrogens with zero attached hydrogens (tertiary/aromatic N) is 1. The lowest BCUT2D eigenvalue weighted by Gasteiger charge is -2.18. The number of nitrogens with one attached hydrogen (secondary N) is 1. The van der Waals surface area contributed by atoms with E-state index >= 15 is 0 Å². The van der Waals surface area contributed by atoms with Crippen molar-refractivity contribution in [3.05, 3.63) is 70.3 Å². The van der Waals surface area contributed by atoms with Gasteiger partial charge in [0, 0.05) is 12.1 Å². The quantitative estimate of drug-likeness (QED) is 0.373. The van der Waals surface area contributed by atoms with E-state index in [0.717, 1.165) is 12.8 Å². The Morgan fingerprint density at radius 1 is 1.07 bits per heavy atom. The monoisotopic (exact) mass is 400 g/mol. The van der Waals surface area contributed by atoms with Gasteiger partial charge in [-0.3, -0.25) is 14.9 Å². The summed E-state index contributed by atoms with van der Waals surface area (Å²) in [5.74, 6) is -1.24. The van der Waals surface area contributed by atoms with Crippen molar-refractivity contribution in [1.82, 2.24) is 5.32 Å². The van der Waals surface area contributed by atoms with Gasteiger partial charge in [-0.2, -0.15) is 0 Å². The fourth-order valence-electron chi connectivity index (χ4n) is 2.61. The summed E-state index contributed by atoms with van der Waals surface area (Å²) in [6, 6.07) is 15.5. The lowest BCUT2D eigenvalue weighted by molar-refractivity contribution is -0.385. The van der Waals surface area contributed by atoms with E-state index in [4.69, 9.17) is 9.47 Å². The van der Waals surface area contributed by atoms with Crippen LogP contribution in [0.4, 0.5) is 5.69 Å². The highest BCUT2D eigenvalue weighted by molar-refractivity contribution is 5.83. The molecule has 0 spiro atoms. The molecule has 0 aromatic heterocycles. The summed E-state index contributed by atoms with van der Waals surface area (Å²) in [5, 5.41) is 13.7. The van der Waals surface area contributed by atoms with E-state index in [1.54, 1.807) is 6.07 Å². The highest BCUT2D eigenvalue weighted by Gasteiger charge is 2.21. The Hall–Kier alpha value is -3.42. The first-order valence-electron chi connectivity index (χ1n) is 9.27. The van der Waals surface area contributed by atoms with Crippen LogP contribution in [-0.4, -0.2) is 35.6 Å². The summed E-state index contributed by atoms with van der Waals surface area (Å²) >= 11 is 0. The van der Waals surface area contributed by atoms with Gasteiger partial charge in [0.15, 0.2) is 18.5 Å². The van der Waals surface area contributed by atoms with Crippen molar-refractivity contribution in [3.8, 4) is 5.75 Å². The summed E-state index contributed by atoms with van der Waals surface area (Å²) in [6.45, 7) is 2.81. The largest absolute Gasteiger partial charge is 0.475 e. The normalized spacial score (nSPS) is 12.5. The van der Waals surface area contributed by atoms with Crippen molar-refractivity contribution in [2.45, 2.75) is 38.8 Å². The van der Waals surface area contributed by atoms with Gasteiger partial charge in [-0.1, -0.05) is 42.5 Å². The molecule has 0 heterocycles. The maximum atomic E-state index is 12.2. The number of ether oxygens (including phenoxy) is 2. The Bertz CT molecular complexity index is 840.